The Morgan fingerprint density at radius 3 is 2.67 bits per heavy atom. The predicted molar refractivity (Wildman–Crippen MR) is 82.8 cm³/mol. The minimum absolute atomic E-state index is 0.225. The van der Waals surface area contributed by atoms with Crippen molar-refractivity contribution in [3.63, 3.8) is 0 Å². The Hall–Kier alpha value is -1.10. The summed E-state index contributed by atoms with van der Waals surface area (Å²) in [5.74, 6) is -0.504. The van der Waals surface area contributed by atoms with E-state index >= 15 is 0 Å². The monoisotopic (exact) mass is 315 g/mol. The first-order valence-electron chi connectivity index (χ1n) is 7.18. The summed E-state index contributed by atoms with van der Waals surface area (Å²) in [4.78, 5) is 0.976. The maximum absolute atomic E-state index is 13.1. The number of hydrogen-bond donors (Lipinski definition) is 1. The molecule has 0 saturated heterocycles. The molecule has 1 N–H and O–H groups in total. The van der Waals surface area contributed by atoms with E-state index in [0.717, 1.165) is 22.8 Å². The molecule has 2 unspecified atom stereocenters. The van der Waals surface area contributed by atoms with Crippen molar-refractivity contribution in [3.05, 3.63) is 36.9 Å². The normalized spacial score (nSPS) is 22.8. The Kier molecular flexibility index (Phi) is 5.62. The first kappa shape index (κ1) is 16.3. The molecule has 0 radical (unpaired) electrons. The quantitative estimate of drug-likeness (QED) is 0.569. The van der Waals surface area contributed by atoms with Crippen molar-refractivity contribution < 1.29 is 13.2 Å². The number of alkyl halides is 3. The van der Waals surface area contributed by atoms with Crippen molar-refractivity contribution in [2.45, 2.75) is 42.8 Å². The number of rotatable bonds is 5. The molecule has 2 rings (SSSR count). The van der Waals surface area contributed by atoms with Gasteiger partial charge in [-0.25, -0.2) is 0 Å². The van der Waals surface area contributed by atoms with E-state index in [2.05, 4.69) is 11.9 Å². The lowest BCUT2D eigenvalue weighted by Gasteiger charge is -2.34. The van der Waals surface area contributed by atoms with Crippen molar-refractivity contribution in [2.75, 3.05) is 11.1 Å². The number of halogens is 3. The fourth-order valence-corrected chi connectivity index (χ4v) is 3.51. The van der Waals surface area contributed by atoms with E-state index in [1.54, 1.807) is 17.8 Å². The van der Waals surface area contributed by atoms with Gasteiger partial charge in [-0.3, -0.25) is 0 Å². The van der Waals surface area contributed by atoms with Crippen molar-refractivity contribution in [3.8, 4) is 0 Å². The lowest BCUT2D eigenvalue weighted by atomic mass is 9.84. The third-order valence-electron chi connectivity index (χ3n) is 3.77. The smallest absolute Gasteiger partial charge is 0.381 e. The summed E-state index contributed by atoms with van der Waals surface area (Å²) in [5.41, 5.74) is 0.797. The van der Waals surface area contributed by atoms with Crippen LogP contribution < -0.4 is 5.32 Å². The topological polar surface area (TPSA) is 12.0 Å². The molecule has 1 saturated carbocycles. The zero-order chi connectivity index (χ0) is 15.3. The number of benzene rings is 1. The van der Waals surface area contributed by atoms with Gasteiger partial charge < -0.3 is 5.32 Å². The van der Waals surface area contributed by atoms with Crippen LogP contribution in [0.3, 0.4) is 0 Å². The maximum atomic E-state index is 13.1. The third-order valence-corrected chi connectivity index (χ3v) is 4.84. The molecule has 0 amide bonds. The highest BCUT2D eigenvalue weighted by Crippen LogP contribution is 2.40. The molecule has 2 atom stereocenters. The van der Waals surface area contributed by atoms with E-state index in [1.165, 1.54) is 0 Å². The van der Waals surface area contributed by atoms with Gasteiger partial charge in [0.2, 0.25) is 0 Å². The number of thioether (sulfide) groups is 1. The molecule has 0 bridgehead atoms. The molecule has 1 aromatic rings. The van der Waals surface area contributed by atoms with Gasteiger partial charge in [-0.1, -0.05) is 31.1 Å². The van der Waals surface area contributed by atoms with E-state index < -0.39 is 18.1 Å². The Labute approximate surface area is 128 Å². The summed E-state index contributed by atoms with van der Waals surface area (Å²) < 4.78 is 39.4. The molecule has 116 valence electrons. The van der Waals surface area contributed by atoms with Crippen LogP contribution in [-0.4, -0.2) is 18.0 Å². The van der Waals surface area contributed by atoms with E-state index in [1.807, 2.05) is 24.3 Å². The Balaban J connectivity index is 2.13. The summed E-state index contributed by atoms with van der Waals surface area (Å²) in [7, 11) is 0. The number of nitrogens with one attached hydrogen (secondary N) is 1. The first-order valence-corrected chi connectivity index (χ1v) is 8.17. The summed E-state index contributed by atoms with van der Waals surface area (Å²) in [5, 5.41) is 3.14. The average molecular weight is 315 g/mol. The number of hydrogen-bond acceptors (Lipinski definition) is 2. The van der Waals surface area contributed by atoms with Crippen LogP contribution in [0.4, 0.5) is 18.9 Å². The molecule has 1 aliphatic carbocycles. The van der Waals surface area contributed by atoms with Gasteiger partial charge in [0.15, 0.2) is 0 Å². The molecule has 0 heterocycles. The molecule has 0 spiro atoms. The summed E-state index contributed by atoms with van der Waals surface area (Å²) in [6.07, 6.45) is -0.0168. The molecular formula is C16H20F3NS. The van der Waals surface area contributed by atoms with Crippen LogP contribution in [0, 0.1) is 5.92 Å². The molecule has 5 heteroatoms. The fourth-order valence-electron chi connectivity index (χ4n) is 2.76. The van der Waals surface area contributed by atoms with Gasteiger partial charge in [0.1, 0.15) is 0 Å². The maximum Gasteiger partial charge on any atom is 0.393 e. The molecule has 1 nitrogen and oxygen atoms in total. The van der Waals surface area contributed by atoms with Crippen molar-refractivity contribution in [2.24, 2.45) is 5.92 Å². The van der Waals surface area contributed by atoms with E-state index in [0.29, 0.717) is 12.8 Å². The fraction of sp³-hybridized carbons (Fsp3) is 0.500. The van der Waals surface area contributed by atoms with Crippen LogP contribution in [0.1, 0.15) is 25.7 Å². The highest BCUT2D eigenvalue weighted by Gasteiger charge is 2.45. The Morgan fingerprint density at radius 2 is 1.95 bits per heavy atom. The molecule has 0 aliphatic heterocycles. The number of para-hydroxylation sites is 1. The molecule has 21 heavy (non-hydrogen) atoms. The van der Waals surface area contributed by atoms with Gasteiger partial charge in [0.05, 0.1) is 5.92 Å². The zero-order valence-corrected chi connectivity index (χ0v) is 12.6. The summed E-state index contributed by atoms with van der Waals surface area (Å²) in [6, 6.07) is 7.02. The van der Waals surface area contributed by atoms with Gasteiger partial charge >= 0.3 is 6.18 Å². The van der Waals surface area contributed by atoms with Crippen LogP contribution in [0.25, 0.3) is 0 Å². The standard InChI is InChI=1S/C16H20F3NS/c1-2-11-21-15-10-6-5-9-14(15)20-13-8-4-3-7-12(13)16(17,18)19/h2,5-6,9-10,12-13,20H,1,3-4,7-8,11H2. The molecule has 1 aliphatic rings. The zero-order valence-electron chi connectivity index (χ0n) is 11.8. The van der Waals surface area contributed by atoms with E-state index in [-0.39, 0.29) is 6.42 Å². The van der Waals surface area contributed by atoms with E-state index in [9.17, 15) is 13.2 Å². The van der Waals surface area contributed by atoms with E-state index in [4.69, 9.17) is 0 Å². The van der Waals surface area contributed by atoms with Crippen molar-refractivity contribution >= 4 is 17.4 Å². The van der Waals surface area contributed by atoms with Crippen molar-refractivity contribution in [1.82, 2.24) is 0 Å². The first-order chi connectivity index (χ1) is 10.0. The molecular weight excluding hydrogens is 295 g/mol. The highest BCUT2D eigenvalue weighted by atomic mass is 32.2. The minimum Gasteiger partial charge on any atom is -0.381 e. The van der Waals surface area contributed by atoms with Gasteiger partial charge in [0, 0.05) is 22.4 Å². The SMILES string of the molecule is C=CCSc1ccccc1NC1CCCCC1C(F)(F)F. The van der Waals surface area contributed by atoms with Crippen LogP contribution in [-0.2, 0) is 0 Å². The van der Waals surface area contributed by atoms with Crippen LogP contribution >= 0.6 is 11.8 Å². The van der Waals surface area contributed by atoms with Gasteiger partial charge in [0.25, 0.3) is 0 Å². The minimum atomic E-state index is -4.12. The predicted octanol–water partition coefficient (Wildman–Crippen LogP) is 5.50. The molecule has 1 aromatic carbocycles. The Bertz CT molecular complexity index is 473. The second-order valence-electron chi connectivity index (χ2n) is 5.28. The van der Waals surface area contributed by atoms with Crippen molar-refractivity contribution in [1.29, 1.82) is 0 Å². The molecule has 0 aromatic heterocycles. The van der Waals surface area contributed by atoms with Crippen LogP contribution in [0.5, 0.6) is 0 Å². The van der Waals surface area contributed by atoms with Crippen LogP contribution in [0.15, 0.2) is 41.8 Å². The Morgan fingerprint density at radius 1 is 1.24 bits per heavy atom. The second kappa shape index (κ2) is 7.25. The summed E-state index contributed by atoms with van der Waals surface area (Å²) in [6.45, 7) is 3.68. The third kappa shape index (κ3) is 4.43. The second-order valence-corrected chi connectivity index (χ2v) is 6.34. The van der Waals surface area contributed by atoms with Gasteiger partial charge in [-0.2, -0.15) is 13.2 Å². The van der Waals surface area contributed by atoms with Gasteiger partial charge in [-0.15, -0.1) is 18.3 Å². The van der Waals surface area contributed by atoms with Crippen LogP contribution in [0.2, 0.25) is 0 Å². The lowest BCUT2D eigenvalue weighted by molar-refractivity contribution is -0.184. The largest absolute Gasteiger partial charge is 0.393 e. The molecule has 1 fully saturated rings. The average Bonchev–Trinajstić information content (AvgIpc) is 2.46. The highest BCUT2D eigenvalue weighted by molar-refractivity contribution is 7.99. The number of anilines is 1. The van der Waals surface area contributed by atoms with Gasteiger partial charge in [-0.05, 0) is 25.0 Å². The lowest BCUT2D eigenvalue weighted by Crippen LogP contribution is -2.41. The summed E-state index contributed by atoms with van der Waals surface area (Å²) >= 11 is 1.58.